The number of allylic oxidation sites excluding steroid dienone is 22. The van der Waals surface area contributed by atoms with Crippen molar-refractivity contribution in [3.63, 3.8) is 0 Å². The lowest BCUT2D eigenvalue weighted by molar-refractivity contribution is -0.870. The minimum atomic E-state index is -4.40. The molecule has 0 aromatic rings. The van der Waals surface area contributed by atoms with Gasteiger partial charge in [-0.05, 0) is 109 Å². The van der Waals surface area contributed by atoms with Gasteiger partial charge in [0.25, 0.3) is 0 Å². The van der Waals surface area contributed by atoms with Gasteiger partial charge in [0.05, 0.1) is 27.7 Å². The Balaban J connectivity index is 4.02. The minimum absolute atomic E-state index is 0.0252. The first-order chi connectivity index (χ1) is 42.0. The molecular weight excluding hydrogens is 1090 g/mol. The number of carbonyl (C=O) groups excluding carboxylic acids is 2. The van der Waals surface area contributed by atoms with Crippen LogP contribution in [0.2, 0.25) is 0 Å². The van der Waals surface area contributed by atoms with Crippen molar-refractivity contribution in [3.05, 3.63) is 134 Å². The normalized spacial score (nSPS) is 14.0. The number of ether oxygens (including phenoxy) is 2. The summed E-state index contributed by atoms with van der Waals surface area (Å²) in [5, 5.41) is 0. The van der Waals surface area contributed by atoms with E-state index in [9.17, 15) is 19.0 Å². The van der Waals surface area contributed by atoms with E-state index in [0.29, 0.717) is 17.4 Å². The van der Waals surface area contributed by atoms with E-state index in [-0.39, 0.29) is 32.0 Å². The van der Waals surface area contributed by atoms with Gasteiger partial charge in [0.1, 0.15) is 19.8 Å². The molecule has 86 heavy (non-hydrogen) atoms. The number of phosphoric ester groups is 1. The van der Waals surface area contributed by atoms with Gasteiger partial charge in [0, 0.05) is 12.8 Å². The SMILES string of the molecule is CC/C=C\C/C=C\C/C=C\C/C=C\C/C=C\C/C=C\CCCCCCCCCCCCCCCCCCCCCCC(=O)OC(COC(=O)CCCCCCCCC/C=C\C/C=C\C/C=C\C/C=C\C/C=C\CC)COP(=O)(O)OCC[N+](C)(C)C. The molecule has 0 aliphatic heterocycles. The summed E-state index contributed by atoms with van der Waals surface area (Å²) < 4.78 is 34.7. The minimum Gasteiger partial charge on any atom is -0.462 e. The molecule has 0 saturated heterocycles. The van der Waals surface area contributed by atoms with Crippen LogP contribution in [0.15, 0.2) is 134 Å². The molecule has 0 aliphatic carbocycles. The fourth-order valence-corrected chi connectivity index (χ4v) is 10.1. The van der Waals surface area contributed by atoms with Gasteiger partial charge in [-0.1, -0.05) is 295 Å². The van der Waals surface area contributed by atoms with Gasteiger partial charge in [0.2, 0.25) is 0 Å². The quantitative estimate of drug-likeness (QED) is 0.0211. The Bertz CT molecular complexity index is 1910. The third kappa shape index (κ3) is 69.3. The maximum absolute atomic E-state index is 12.9. The number of esters is 2. The Hall–Kier alpha value is -3.85. The molecule has 0 bridgehead atoms. The monoisotopic (exact) mass is 1220 g/mol. The molecule has 2 atom stereocenters. The van der Waals surface area contributed by atoms with E-state index in [1.54, 1.807) is 0 Å². The predicted molar refractivity (Wildman–Crippen MR) is 371 cm³/mol. The number of likely N-dealkylation sites (N-methyl/N-ethyl adjacent to an activating group) is 1. The summed E-state index contributed by atoms with van der Waals surface area (Å²) in [6, 6.07) is 0. The maximum Gasteiger partial charge on any atom is 0.472 e. The number of hydrogen-bond acceptors (Lipinski definition) is 7. The molecule has 0 fully saturated rings. The average Bonchev–Trinajstić information content (AvgIpc) is 3.56. The lowest BCUT2D eigenvalue weighted by Gasteiger charge is -2.24. The average molecular weight is 1220 g/mol. The fraction of sp³-hybridized carbons (Fsp3) is 0.684. The van der Waals surface area contributed by atoms with Crippen molar-refractivity contribution in [2.45, 2.75) is 290 Å². The van der Waals surface area contributed by atoms with E-state index in [4.69, 9.17) is 18.5 Å². The zero-order chi connectivity index (χ0) is 62.6. The maximum atomic E-state index is 12.9. The van der Waals surface area contributed by atoms with Gasteiger partial charge in [0.15, 0.2) is 6.10 Å². The topological polar surface area (TPSA) is 108 Å². The molecule has 492 valence electrons. The molecule has 0 saturated carbocycles. The van der Waals surface area contributed by atoms with Crippen LogP contribution in [0.4, 0.5) is 0 Å². The van der Waals surface area contributed by atoms with Gasteiger partial charge in [-0.2, -0.15) is 0 Å². The fourth-order valence-electron chi connectivity index (χ4n) is 9.40. The second-order valence-electron chi connectivity index (χ2n) is 24.2. The Morgan fingerprint density at radius 2 is 0.628 bits per heavy atom. The Morgan fingerprint density at radius 3 is 0.930 bits per heavy atom. The second kappa shape index (κ2) is 65.6. The third-order valence-corrected chi connectivity index (χ3v) is 15.7. The van der Waals surface area contributed by atoms with Crippen LogP contribution < -0.4 is 0 Å². The number of phosphoric acid groups is 1. The van der Waals surface area contributed by atoms with E-state index in [1.165, 1.54) is 128 Å². The molecule has 0 aromatic carbocycles. The number of quaternary nitrogens is 1. The highest BCUT2D eigenvalue weighted by Gasteiger charge is 2.27. The smallest absolute Gasteiger partial charge is 0.462 e. The van der Waals surface area contributed by atoms with E-state index in [2.05, 4.69) is 148 Å². The van der Waals surface area contributed by atoms with E-state index in [0.717, 1.165) is 122 Å². The number of rotatable bonds is 63. The zero-order valence-electron chi connectivity index (χ0n) is 56.0. The highest BCUT2D eigenvalue weighted by molar-refractivity contribution is 7.47. The van der Waals surface area contributed by atoms with E-state index < -0.39 is 26.5 Å². The van der Waals surface area contributed by atoms with Gasteiger partial charge < -0.3 is 18.9 Å². The number of carbonyl (C=O) groups is 2. The number of unbranched alkanes of at least 4 members (excludes halogenated alkanes) is 27. The third-order valence-electron chi connectivity index (χ3n) is 14.7. The summed E-state index contributed by atoms with van der Waals surface area (Å²) in [5.41, 5.74) is 0. The molecule has 9 nitrogen and oxygen atoms in total. The molecule has 0 aromatic heterocycles. The van der Waals surface area contributed by atoms with Crippen LogP contribution in [-0.4, -0.2) is 74.9 Å². The van der Waals surface area contributed by atoms with Crippen molar-refractivity contribution >= 4 is 19.8 Å². The Morgan fingerprint density at radius 1 is 0.360 bits per heavy atom. The highest BCUT2D eigenvalue weighted by Crippen LogP contribution is 2.43. The summed E-state index contributed by atoms with van der Waals surface area (Å²) in [4.78, 5) is 35.9. The van der Waals surface area contributed by atoms with Crippen LogP contribution in [0.3, 0.4) is 0 Å². The molecule has 1 N–H and O–H groups in total. The van der Waals surface area contributed by atoms with Gasteiger partial charge in [-0.3, -0.25) is 18.6 Å². The Kier molecular flexibility index (Phi) is 62.7. The summed E-state index contributed by atoms with van der Waals surface area (Å²) in [6.45, 7) is 4.20. The summed E-state index contributed by atoms with van der Waals surface area (Å²) in [7, 11) is 1.46. The van der Waals surface area contributed by atoms with Crippen LogP contribution in [-0.2, 0) is 32.7 Å². The summed E-state index contributed by atoms with van der Waals surface area (Å²) in [5.74, 6) is -0.808. The molecule has 0 radical (unpaired) electrons. The lowest BCUT2D eigenvalue weighted by Crippen LogP contribution is -2.37. The molecule has 0 amide bonds. The van der Waals surface area contributed by atoms with Crippen molar-refractivity contribution in [3.8, 4) is 0 Å². The number of nitrogens with zero attached hydrogens (tertiary/aromatic N) is 1. The summed E-state index contributed by atoms with van der Waals surface area (Å²) in [6.07, 6.45) is 95.6. The lowest BCUT2D eigenvalue weighted by atomic mass is 10.0. The molecule has 0 rings (SSSR count). The number of hydrogen-bond donors (Lipinski definition) is 1. The largest absolute Gasteiger partial charge is 0.472 e. The molecular formula is C76H131NO8P+. The van der Waals surface area contributed by atoms with Crippen molar-refractivity contribution in [2.75, 3.05) is 47.5 Å². The first-order valence-electron chi connectivity index (χ1n) is 34.9. The van der Waals surface area contributed by atoms with Crippen LogP contribution in [0.25, 0.3) is 0 Å². The highest BCUT2D eigenvalue weighted by atomic mass is 31.2. The van der Waals surface area contributed by atoms with E-state index >= 15 is 0 Å². The van der Waals surface area contributed by atoms with Gasteiger partial charge in [-0.25, -0.2) is 4.57 Å². The van der Waals surface area contributed by atoms with Crippen molar-refractivity contribution < 1.29 is 42.1 Å². The van der Waals surface area contributed by atoms with E-state index in [1.807, 2.05) is 21.1 Å². The molecule has 0 spiro atoms. The van der Waals surface area contributed by atoms with Gasteiger partial charge >= 0.3 is 19.8 Å². The van der Waals surface area contributed by atoms with Crippen molar-refractivity contribution in [1.82, 2.24) is 0 Å². The molecule has 2 unspecified atom stereocenters. The van der Waals surface area contributed by atoms with Crippen LogP contribution in [0.5, 0.6) is 0 Å². The van der Waals surface area contributed by atoms with Crippen LogP contribution in [0.1, 0.15) is 284 Å². The first kappa shape index (κ1) is 82.1. The molecule has 10 heteroatoms. The summed E-state index contributed by atoms with van der Waals surface area (Å²) >= 11 is 0. The first-order valence-corrected chi connectivity index (χ1v) is 36.4. The zero-order valence-corrected chi connectivity index (χ0v) is 56.9. The van der Waals surface area contributed by atoms with Crippen molar-refractivity contribution in [1.29, 1.82) is 0 Å². The predicted octanol–water partition coefficient (Wildman–Crippen LogP) is 22.8. The Labute approximate surface area is 530 Å². The van der Waals surface area contributed by atoms with Crippen LogP contribution in [0, 0.1) is 0 Å². The standard InChI is InChI=1S/C76H130NO8P/c1-6-8-10-12-14-16-18-20-22-24-26-28-30-31-32-33-34-35-36-37-38-39-40-41-42-43-44-45-47-49-51-53-55-57-59-61-63-65-67-69-76(79)85-74(73-84-86(80,81)83-71-70-77(3,4)5)72-82-75(78)68-66-64-62-60-58-56-54-52-50-48-46-29-27-25-23-21-19-17-15-13-11-9-7-2/h8-11,14-17,20-23,26-29,31-32,34-35,48,50,74H,6-7,12-13,18-19,24-25,30,33,36-47,49,51-73H2,1-5H3/p+1/b10-8-,11-9-,16-14-,17-15-,22-20-,23-21-,28-26-,29-27-,32-31-,35-34-,50-48-. The van der Waals surface area contributed by atoms with Crippen LogP contribution >= 0.6 is 7.82 Å². The second-order valence-corrected chi connectivity index (χ2v) is 25.6. The van der Waals surface area contributed by atoms with Crippen molar-refractivity contribution in [2.24, 2.45) is 0 Å². The molecule has 0 heterocycles. The van der Waals surface area contributed by atoms with Gasteiger partial charge in [-0.15, -0.1) is 0 Å². The molecule has 0 aliphatic rings.